The van der Waals surface area contributed by atoms with E-state index in [0.717, 1.165) is 15.7 Å². The van der Waals surface area contributed by atoms with Gasteiger partial charge in [0.25, 0.3) is 5.69 Å². The van der Waals surface area contributed by atoms with Crippen molar-refractivity contribution < 1.29 is 9.72 Å². The molecule has 3 rings (SSSR count). The summed E-state index contributed by atoms with van der Waals surface area (Å²) in [6, 6.07) is 18.7. The number of anilines is 1. The van der Waals surface area contributed by atoms with Gasteiger partial charge in [-0.1, -0.05) is 42.5 Å². The predicted octanol–water partition coefficient (Wildman–Crippen LogP) is 4.79. The quantitative estimate of drug-likeness (QED) is 0.407. The highest BCUT2D eigenvalue weighted by molar-refractivity contribution is 8.00. The molecular formula is C19H16N2O3S. The number of hydrogen-bond acceptors (Lipinski definition) is 4. The Morgan fingerprint density at radius 3 is 2.60 bits per heavy atom. The third-order valence-corrected chi connectivity index (χ3v) is 4.96. The molecule has 3 aromatic carbocycles. The maximum absolute atomic E-state index is 12.3. The van der Waals surface area contributed by atoms with Gasteiger partial charge < -0.3 is 5.32 Å². The highest BCUT2D eigenvalue weighted by atomic mass is 32.2. The average molecular weight is 352 g/mol. The van der Waals surface area contributed by atoms with Crippen LogP contribution in [0.4, 0.5) is 11.4 Å². The fourth-order valence-corrected chi connectivity index (χ4v) is 3.48. The number of hydrogen-bond donors (Lipinski definition) is 1. The molecule has 0 aliphatic carbocycles. The minimum absolute atomic E-state index is 0.000457. The number of thioether (sulfide) groups is 1. The molecule has 0 aliphatic heterocycles. The Morgan fingerprint density at radius 1 is 1.08 bits per heavy atom. The lowest BCUT2D eigenvalue weighted by Crippen LogP contribution is -2.15. The number of carbonyl (C=O) groups excluding carboxylic acids is 1. The summed E-state index contributed by atoms with van der Waals surface area (Å²) >= 11 is 1.45. The van der Waals surface area contributed by atoms with Gasteiger partial charge in [-0.2, -0.15) is 0 Å². The molecule has 0 radical (unpaired) electrons. The lowest BCUT2D eigenvalue weighted by Gasteiger charge is -2.09. The largest absolute Gasteiger partial charge is 0.325 e. The van der Waals surface area contributed by atoms with E-state index >= 15 is 0 Å². The van der Waals surface area contributed by atoms with Crippen molar-refractivity contribution in [1.82, 2.24) is 0 Å². The molecule has 0 unspecified atom stereocenters. The smallest absolute Gasteiger partial charge is 0.274 e. The second-order valence-electron chi connectivity index (χ2n) is 5.52. The zero-order valence-electron chi connectivity index (χ0n) is 13.6. The van der Waals surface area contributed by atoms with Gasteiger partial charge in [0.15, 0.2) is 0 Å². The van der Waals surface area contributed by atoms with E-state index in [1.807, 2.05) is 42.5 Å². The van der Waals surface area contributed by atoms with Crippen molar-refractivity contribution >= 4 is 39.8 Å². The molecule has 0 saturated carbocycles. The summed E-state index contributed by atoms with van der Waals surface area (Å²) in [5.74, 6) is 0.0393. The molecule has 0 aliphatic rings. The van der Waals surface area contributed by atoms with Crippen LogP contribution in [-0.4, -0.2) is 16.6 Å². The van der Waals surface area contributed by atoms with E-state index in [0.29, 0.717) is 11.3 Å². The molecule has 25 heavy (non-hydrogen) atoms. The van der Waals surface area contributed by atoms with E-state index in [1.54, 1.807) is 19.1 Å². The molecule has 0 fully saturated rings. The van der Waals surface area contributed by atoms with Crippen LogP contribution < -0.4 is 5.32 Å². The van der Waals surface area contributed by atoms with Crippen LogP contribution in [0.5, 0.6) is 0 Å². The summed E-state index contributed by atoms with van der Waals surface area (Å²) in [6.45, 7) is 1.63. The molecular weight excluding hydrogens is 336 g/mol. The topological polar surface area (TPSA) is 72.2 Å². The lowest BCUT2D eigenvalue weighted by atomic mass is 10.1. The van der Waals surface area contributed by atoms with Crippen molar-refractivity contribution in [2.45, 2.75) is 11.8 Å². The number of nitrogens with zero attached hydrogens (tertiary/aromatic N) is 1. The molecule has 1 N–H and O–H groups in total. The van der Waals surface area contributed by atoms with E-state index in [-0.39, 0.29) is 17.3 Å². The first-order valence-electron chi connectivity index (χ1n) is 7.70. The Bertz CT molecular complexity index is 951. The van der Waals surface area contributed by atoms with Crippen LogP contribution >= 0.6 is 11.8 Å². The van der Waals surface area contributed by atoms with Gasteiger partial charge in [0.05, 0.1) is 21.9 Å². The Morgan fingerprint density at radius 2 is 1.80 bits per heavy atom. The van der Waals surface area contributed by atoms with Crippen molar-refractivity contribution in [3.8, 4) is 0 Å². The van der Waals surface area contributed by atoms with Crippen molar-refractivity contribution in [3.63, 3.8) is 0 Å². The Kier molecular flexibility index (Phi) is 5.00. The zero-order valence-corrected chi connectivity index (χ0v) is 14.4. The van der Waals surface area contributed by atoms with E-state index < -0.39 is 4.92 Å². The maximum atomic E-state index is 12.3. The first kappa shape index (κ1) is 17.0. The fourth-order valence-electron chi connectivity index (χ4n) is 2.61. The monoisotopic (exact) mass is 352 g/mol. The predicted molar refractivity (Wildman–Crippen MR) is 101 cm³/mol. The summed E-state index contributed by atoms with van der Waals surface area (Å²) in [5.41, 5.74) is 0.924. The van der Waals surface area contributed by atoms with Crippen LogP contribution in [0.1, 0.15) is 5.56 Å². The number of carbonyl (C=O) groups is 1. The van der Waals surface area contributed by atoms with Gasteiger partial charge in [0.1, 0.15) is 0 Å². The highest BCUT2D eigenvalue weighted by Crippen LogP contribution is 2.29. The van der Waals surface area contributed by atoms with Crippen LogP contribution in [0, 0.1) is 17.0 Å². The van der Waals surface area contributed by atoms with Gasteiger partial charge in [-0.05, 0) is 29.8 Å². The summed E-state index contributed by atoms with van der Waals surface area (Å²) in [6.07, 6.45) is 0. The van der Waals surface area contributed by atoms with E-state index in [9.17, 15) is 14.9 Å². The van der Waals surface area contributed by atoms with Crippen LogP contribution in [0.15, 0.2) is 65.6 Å². The van der Waals surface area contributed by atoms with Crippen molar-refractivity contribution in [1.29, 1.82) is 0 Å². The summed E-state index contributed by atoms with van der Waals surface area (Å²) in [5, 5.41) is 16.0. The number of rotatable bonds is 5. The number of benzene rings is 3. The third kappa shape index (κ3) is 3.80. The molecule has 0 heterocycles. The Labute approximate surface area is 149 Å². The molecule has 1 amide bonds. The minimum atomic E-state index is -0.449. The second-order valence-corrected chi connectivity index (χ2v) is 6.54. The van der Waals surface area contributed by atoms with Gasteiger partial charge in [-0.3, -0.25) is 14.9 Å². The molecule has 0 saturated heterocycles. The number of nitrogens with one attached hydrogen (secondary N) is 1. The lowest BCUT2D eigenvalue weighted by molar-refractivity contribution is -0.385. The molecule has 3 aromatic rings. The van der Waals surface area contributed by atoms with Gasteiger partial charge in [-0.15, -0.1) is 11.8 Å². The number of nitro benzene ring substituents is 1. The molecule has 5 nitrogen and oxygen atoms in total. The van der Waals surface area contributed by atoms with Crippen molar-refractivity contribution in [2.75, 3.05) is 11.1 Å². The van der Waals surface area contributed by atoms with Crippen LogP contribution in [-0.2, 0) is 4.79 Å². The molecule has 0 aromatic heterocycles. The SMILES string of the molecule is Cc1c(NC(=O)CSc2cccc3ccccc23)cccc1[N+](=O)[O-]. The van der Waals surface area contributed by atoms with E-state index in [4.69, 9.17) is 0 Å². The summed E-state index contributed by atoms with van der Waals surface area (Å²) < 4.78 is 0. The average Bonchev–Trinajstić information content (AvgIpc) is 2.61. The zero-order chi connectivity index (χ0) is 17.8. The fraction of sp³-hybridized carbons (Fsp3) is 0.105. The van der Waals surface area contributed by atoms with E-state index in [2.05, 4.69) is 5.32 Å². The first-order valence-corrected chi connectivity index (χ1v) is 8.69. The number of fused-ring (bicyclic) bond motifs is 1. The molecule has 0 atom stereocenters. The molecule has 0 spiro atoms. The Hall–Kier alpha value is -2.86. The van der Waals surface area contributed by atoms with Gasteiger partial charge in [-0.25, -0.2) is 0 Å². The standard InChI is InChI=1S/C19H16N2O3S/c1-13-16(9-5-10-17(13)21(23)24)20-19(22)12-25-18-11-4-7-14-6-2-3-8-15(14)18/h2-11H,12H2,1H3,(H,20,22). The molecule has 126 valence electrons. The van der Waals surface area contributed by atoms with Crippen LogP contribution in [0.2, 0.25) is 0 Å². The van der Waals surface area contributed by atoms with Crippen molar-refractivity contribution in [2.24, 2.45) is 0 Å². The van der Waals surface area contributed by atoms with Gasteiger partial charge >= 0.3 is 0 Å². The highest BCUT2D eigenvalue weighted by Gasteiger charge is 2.15. The van der Waals surface area contributed by atoms with Crippen LogP contribution in [0.3, 0.4) is 0 Å². The first-order chi connectivity index (χ1) is 12.1. The second kappa shape index (κ2) is 7.36. The molecule has 6 heteroatoms. The Balaban J connectivity index is 1.71. The minimum Gasteiger partial charge on any atom is -0.325 e. The van der Waals surface area contributed by atoms with Gasteiger partial charge in [0.2, 0.25) is 5.91 Å². The number of nitro groups is 1. The van der Waals surface area contributed by atoms with Crippen molar-refractivity contribution in [3.05, 3.63) is 76.3 Å². The van der Waals surface area contributed by atoms with Gasteiger partial charge in [0, 0.05) is 11.0 Å². The van der Waals surface area contributed by atoms with Crippen LogP contribution in [0.25, 0.3) is 10.8 Å². The maximum Gasteiger partial charge on any atom is 0.274 e. The number of amides is 1. The summed E-state index contributed by atoms with van der Waals surface area (Å²) in [7, 11) is 0. The van der Waals surface area contributed by atoms with E-state index in [1.165, 1.54) is 17.8 Å². The normalized spacial score (nSPS) is 10.6. The third-order valence-electron chi connectivity index (χ3n) is 3.88. The molecule has 0 bridgehead atoms. The summed E-state index contributed by atoms with van der Waals surface area (Å²) in [4.78, 5) is 23.8.